The summed E-state index contributed by atoms with van der Waals surface area (Å²) >= 11 is 5.38. The van der Waals surface area contributed by atoms with Crippen LogP contribution in [0.3, 0.4) is 0 Å². The van der Waals surface area contributed by atoms with Crippen molar-refractivity contribution in [3.8, 4) is 0 Å². The van der Waals surface area contributed by atoms with Crippen molar-refractivity contribution in [2.45, 2.75) is 53.0 Å². The van der Waals surface area contributed by atoms with Crippen molar-refractivity contribution in [1.29, 1.82) is 0 Å². The van der Waals surface area contributed by atoms with Gasteiger partial charge in [-0.05, 0) is 39.2 Å². The summed E-state index contributed by atoms with van der Waals surface area (Å²) in [5, 5.41) is 5.71. The average molecular weight is 318 g/mol. The lowest BCUT2D eigenvalue weighted by Crippen LogP contribution is -2.28. The Kier molecular flexibility index (Phi) is 6.75. The Morgan fingerprint density at radius 1 is 1.35 bits per heavy atom. The smallest absolute Gasteiger partial charge is 0.0327 e. The van der Waals surface area contributed by atoms with Crippen LogP contribution in [0.25, 0.3) is 0 Å². The zero-order valence-corrected chi connectivity index (χ0v) is 13.6. The summed E-state index contributed by atoms with van der Waals surface area (Å²) in [5.41, 5.74) is 0.416. The molecule has 0 aliphatic rings. The Morgan fingerprint density at radius 2 is 2.12 bits per heavy atom. The largest absolute Gasteiger partial charge is 0.311 e. The van der Waals surface area contributed by atoms with E-state index in [1.165, 1.54) is 35.0 Å². The topological polar surface area (TPSA) is 12.0 Å². The van der Waals surface area contributed by atoms with Crippen LogP contribution in [0.5, 0.6) is 0 Å². The van der Waals surface area contributed by atoms with E-state index in [4.69, 9.17) is 0 Å². The fraction of sp³-hybridized carbons (Fsp3) is 0.714. The maximum Gasteiger partial charge on any atom is 0.0327 e. The van der Waals surface area contributed by atoms with Crippen LogP contribution in [0.15, 0.2) is 15.9 Å². The lowest BCUT2D eigenvalue weighted by atomic mass is 9.87. The maximum absolute atomic E-state index is 3.58. The molecule has 17 heavy (non-hydrogen) atoms. The minimum atomic E-state index is 0.416. The van der Waals surface area contributed by atoms with Crippen LogP contribution >= 0.6 is 27.3 Å². The van der Waals surface area contributed by atoms with Gasteiger partial charge in [-0.15, -0.1) is 11.3 Å². The average Bonchev–Trinajstić information content (AvgIpc) is 2.64. The predicted molar refractivity (Wildman–Crippen MR) is 81.6 cm³/mol. The van der Waals surface area contributed by atoms with Crippen molar-refractivity contribution in [3.05, 3.63) is 20.8 Å². The van der Waals surface area contributed by atoms with Crippen LogP contribution in [0.4, 0.5) is 0 Å². The summed E-state index contributed by atoms with van der Waals surface area (Å²) in [6.45, 7) is 9.06. The van der Waals surface area contributed by atoms with Gasteiger partial charge in [0.1, 0.15) is 0 Å². The standard InChI is InChI=1S/C14H24BrNS/c1-4-5-6-8-14(2,3)11-16-10-13-12(15)7-9-17-13/h7,9,16H,4-6,8,10-11H2,1-3H3. The number of thiophene rings is 1. The quantitative estimate of drug-likeness (QED) is 0.649. The summed E-state index contributed by atoms with van der Waals surface area (Å²) in [4.78, 5) is 1.40. The molecule has 0 amide bonds. The van der Waals surface area contributed by atoms with Crippen molar-refractivity contribution in [3.63, 3.8) is 0 Å². The number of unbranched alkanes of at least 4 members (excludes halogenated alkanes) is 2. The van der Waals surface area contributed by atoms with Gasteiger partial charge in [-0.25, -0.2) is 0 Å². The van der Waals surface area contributed by atoms with Gasteiger partial charge < -0.3 is 5.32 Å². The van der Waals surface area contributed by atoms with Gasteiger partial charge in [-0.1, -0.05) is 40.0 Å². The molecule has 1 rings (SSSR count). The summed E-state index contributed by atoms with van der Waals surface area (Å²) in [5.74, 6) is 0. The number of halogens is 1. The molecule has 0 radical (unpaired) electrons. The number of hydrogen-bond acceptors (Lipinski definition) is 2. The monoisotopic (exact) mass is 317 g/mol. The highest BCUT2D eigenvalue weighted by atomic mass is 79.9. The fourth-order valence-electron chi connectivity index (χ4n) is 1.91. The Hall–Kier alpha value is 0.140. The molecule has 1 heterocycles. The third-order valence-corrected chi connectivity index (χ3v) is 4.96. The molecule has 0 atom stereocenters. The van der Waals surface area contributed by atoms with Crippen LogP contribution in [0.2, 0.25) is 0 Å². The molecular weight excluding hydrogens is 294 g/mol. The second kappa shape index (κ2) is 7.55. The van der Waals surface area contributed by atoms with Crippen LogP contribution < -0.4 is 5.32 Å². The van der Waals surface area contributed by atoms with E-state index in [0.717, 1.165) is 13.1 Å². The molecule has 0 saturated carbocycles. The molecule has 98 valence electrons. The Morgan fingerprint density at radius 3 is 2.71 bits per heavy atom. The molecule has 1 aromatic heterocycles. The molecule has 1 nitrogen and oxygen atoms in total. The van der Waals surface area contributed by atoms with E-state index in [2.05, 4.69) is 53.5 Å². The van der Waals surface area contributed by atoms with Crippen LogP contribution in [-0.2, 0) is 6.54 Å². The SMILES string of the molecule is CCCCCC(C)(C)CNCc1sccc1Br. The van der Waals surface area contributed by atoms with E-state index in [0.29, 0.717) is 5.41 Å². The predicted octanol–water partition coefficient (Wildman–Crippen LogP) is 5.21. The van der Waals surface area contributed by atoms with E-state index < -0.39 is 0 Å². The van der Waals surface area contributed by atoms with Crippen LogP contribution in [-0.4, -0.2) is 6.54 Å². The highest BCUT2D eigenvalue weighted by Crippen LogP contribution is 2.25. The maximum atomic E-state index is 3.58. The molecule has 0 unspecified atom stereocenters. The van der Waals surface area contributed by atoms with E-state index in [1.807, 2.05) is 11.3 Å². The number of nitrogens with one attached hydrogen (secondary N) is 1. The molecule has 0 bridgehead atoms. The first kappa shape index (κ1) is 15.2. The normalized spacial score (nSPS) is 12.0. The van der Waals surface area contributed by atoms with Gasteiger partial charge in [0.15, 0.2) is 0 Å². The van der Waals surface area contributed by atoms with Gasteiger partial charge in [-0.3, -0.25) is 0 Å². The third-order valence-electron chi connectivity index (χ3n) is 3.04. The summed E-state index contributed by atoms with van der Waals surface area (Å²) < 4.78 is 1.23. The molecule has 1 aromatic rings. The zero-order valence-electron chi connectivity index (χ0n) is 11.2. The molecule has 0 fully saturated rings. The highest BCUT2D eigenvalue weighted by molar-refractivity contribution is 9.10. The molecule has 0 aliphatic carbocycles. The molecule has 0 aromatic carbocycles. The molecule has 1 N–H and O–H groups in total. The Labute approximate surface area is 118 Å². The fourth-order valence-corrected chi connectivity index (χ4v) is 3.37. The van der Waals surface area contributed by atoms with Gasteiger partial charge in [-0.2, -0.15) is 0 Å². The van der Waals surface area contributed by atoms with Crippen molar-refractivity contribution >= 4 is 27.3 Å². The third kappa shape index (κ3) is 6.03. The lowest BCUT2D eigenvalue weighted by molar-refractivity contribution is 0.302. The van der Waals surface area contributed by atoms with E-state index >= 15 is 0 Å². The van der Waals surface area contributed by atoms with Crippen LogP contribution in [0.1, 0.15) is 51.3 Å². The Bertz CT molecular complexity index is 320. The highest BCUT2D eigenvalue weighted by Gasteiger charge is 2.16. The van der Waals surface area contributed by atoms with Crippen molar-refractivity contribution < 1.29 is 0 Å². The second-order valence-electron chi connectivity index (χ2n) is 5.42. The first-order valence-electron chi connectivity index (χ1n) is 6.48. The summed E-state index contributed by atoms with van der Waals surface area (Å²) in [6, 6.07) is 2.12. The number of hydrogen-bond donors (Lipinski definition) is 1. The van der Waals surface area contributed by atoms with Crippen LogP contribution in [0, 0.1) is 5.41 Å². The zero-order chi connectivity index (χ0) is 12.7. The van der Waals surface area contributed by atoms with Gasteiger partial charge in [0, 0.05) is 22.4 Å². The lowest BCUT2D eigenvalue weighted by Gasteiger charge is -2.25. The van der Waals surface area contributed by atoms with Gasteiger partial charge in [0.05, 0.1) is 0 Å². The molecule has 0 saturated heterocycles. The first-order chi connectivity index (χ1) is 8.05. The van der Waals surface area contributed by atoms with Gasteiger partial charge in [0.25, 0.3) is 0 Å². The summed E-state index contributed by atoms with van der Waals surface area (Å²) in [7, 11) is 0. The van der Waals surface area contributed by atoms with E-state index in [9.17, 15) is 0 Å². The van der Waals surface area contributed by atoms with Crippen molar-refractivity contribution in [1.82, 2.24) is 5.32 Å². The van der Waals surface area contributed by atoms with E-state index in [-0.39, 0.29) is 0 Å². The van der Waals surface area contributed by atoms with Gasteiger partial charge in [0.2, 0.25) is 0 Å². The minimum absolute atomic E-state index is 0.416. The van der Waals surface area contributed by atoms with Gasteiger partial charge >= 0.3 is 0 Å². The molecule has 3 heteroatoms. The summed E-state index contributed by atoms with van der Waals surface area (Å²) in [6.07, 6.45) is 5.35. The van der Waals surface area contributed by atoms with E-state index in [1.54, 1.807) is 0 Å². The molecular formula is C14H24BrNS. The second-order valence-corrected chi connectivity index (χ2v) is 7.27. The van der Waals surface area contributed by atoms with Crippen molar-refractivity contribution in [2.75, 3.05) is 6.54 Å². The van der Waals surface area contributed by atoms with Crippen molar-refractivity contribution in [2.24, 2.45) is 5.41 Å². The molecule has 0 aliphatic heterocycles. The first-order valence-corrected chi connectivity index (χ1v) is 8.15. The molecule has 0 spiro atoms. The Balaban J connectivity index is 2.23. The minimum Gasteiger partial charge on any atom is -0.311 e. The number of rotatable bonds is 8.